The van der Waals surface area contributed by atoms with E-state index in [-0.39, 0.29) is 11.6 Å². The smallest absolute Gasteiger partial charge is 0.179 e. The van der Waals surface area contributed by atoms with Crippen LogP contribution in [0.4, 0.5) is 4.39 Å². The zero-order valence-corrected chi connectivity index (χ0v) is 13.7. The van der Waals surface area contributed by atoms with Crippen molar-refractivity contribution in [1.29, 1.82) is 0 Å². The average Bonchev–Trinajstić information content (AvgIpc) is 3.39. The topological polar surface area (TPSA) is 37.4 Å². The highest BCUT2D eigenvalue weighted by atomic mass is 32.2. The molecular formula is C18H20FNO2S. The Kier molecular flexibility index (Phi) is 4.78. The highest BCUT2D eigenvalue weighted by Gasteiger charge is 2.30. The first kappa shape index (κ1) is 16.1. The van der Waals surface area contributed by atoms with Crippen LogP contribution >= 0.6 is 0 Å². The minimum Gasteiger partial charge on any atom is -0.295 e. The second-order valence-electron chi connectivity index (χ2n) is 5.96. The van der Waals surface area contributed by atoms with E-state index in [2.05, 4.69) is 4.90 Å². The normalized spacial score (nSPS) is 15.0. The van der Waals surface area contributed by atoms with Crippen molar-refractivity contribution in [1.82, 2.24) is 4.90 Å². The van der Waals surface area contributed by atoms with Crippen molar-refractivity contribution in [3.8, 4) is 0 Å². The predicted octanol–water partition coefficient (Wildman–Crippen LogP) is 3.26. The summed E-state index contributed by atoms with van der Waals surface area (Å²) in [6.07, 6.45) is 2.21. The van der Waals surface area contributed by atoms with Crippen molar-refractivity contribution in [2.45, 2.75) is 30.3 Å². The van der Waals surface area contributed by atoms with Crippen LogP contribution < -0.4 is 0 Å². The molecule has 3 nitrogen and oxygen atoms in total. The van der Waals surface area contributed by atoms with Gasteiger partial charge in [-0.15, -0.1) is 0 Å². The molecule has 23 heavy (non-hydrogen) atoms. The van der Waals surface area contributed by atoms with E-state index in [0.29, 0.717) is 24.0 Å². The lowest BCUT2D eigenvalue weighted by atomic mass is 10.2. The number of sulfone groups is 1. The fourth-order valence-electron chi connectivity index (χ4n) is 2.64. The standard InChI is InChI=1S/C18H20FNO2S/c19-16-8-6-15(7-9-16)14-20(17-10-11-17)12-13-23(21,22)18-4-2-1-3-5-18/h1-9,17H,10-14H2. The third-order valence-corrected chi connectivity index (χ3v) is 5.82. The van der Waals surface area contributed by atoms with E-state index in [4.69, 9.17) is 0 Å². The van der Waals surface area contributed by atoms with E-state index in [0.717, 1.165) is 18.4 Å². The summed E-state index contributed by atoms with van der Waals surface area (Å²) in [5.74, 6) is -0.146. The monoisotopic (exact) mass is 333 g/mol. The minimum absolute atomic E-state index is 0.106. The van der Waals surface area contributed by atoms with Crippen LogP contribution in [0.25, 0.3) is 0 Å². The molecule has 122 valence electrons. The summed E-state index contributed by atoms with van der Waals surface area (Å²) >= 11 is 0. The largest absolute Gasteiger partial charge is 0.295 e. The summed E-state index contributed by atoms with van der Waals surface area (Å²) in [6, 6.07) is 15.4. The Hall–Kier alpha value is -1.72. The molecule has 0 heterocycles. The number of halogens is 1. The van der Waals surface area contributed by atoms with Gasteiger partial charge in [-0.05, 0) is 42.7 Å². The summed E-state index contributed by atoms with van der Waals surface area (Å²) in [7, 11) is -3.26. The summed E-state index contributed by atoms with van der Waals surface area (Å²) < 4.78 is 37.8. The molecule has 0 saturated heterocycles. The van der Waals surface area contributed by atoms with E-state index < -0.39 is 9.84 Å². The van der Waals surface area contributed by atoms with E-state index >= 15 is 0 Å². The second kappa shape index (κ2) is 6.81. The molecule has 0 aliphatic heterocycles. The van der Waals surface area contributed by atoms with E-state index in [1.165, 1.54) is 12.1 Å². The molecule has 3 rings (SSSR count). The third-order valence-electron chi connectivity index (χ3n) is 4.11. The Morgan fingerprint density at radius 3 is 2.26 bits per heavy atom. The van der Waals surface area contributed by atoms with Crippen LogP contribution in [-0.2, 0) is 16.4 Å². The number of hydrogen-bond acceptors (Lipinski definition) is 3. The molecule has 0 atom stereocenters. The van der Waals surface area contributed by atoms with Gasteiger partial charge in [0.25, 0.3) is 0 Å². The zero-order valence-electron chi connectivity index (χ0n) is 12.9. The highest BCUT2D eigenvalue weighted by Crippen LogP contribution is 2.28. The van der Waals surface area contributed by atoms with Crippen molar-refractivity contribution in [2.24, 2.45) is 0 Å². The Balaban J connectivity index is 1.65. The minimum atomic E-state index is -3.26. The summed E-state index contributed by atoms with van der Waals surface area (Å²) in [6.45, 7) is 1.16. The van der Waals surface area contributed by atoms with Crippen LogP contribution in [0.5, 0.6) is 0 Å². The molecule has 1 saturated carbocycles. The van der Waals surface area contributed by atoms with Gasteiger partial charge in [-0.25, -0.2) is 12.8 Å². The van der Waals surface area contributed by atoms with Gasteiger partial charge in [0.15, 0.2) is 9.84 Å². The maximum absolute atomic E-state index is 13.0. The van der Waals surface area contributed by atoms with Crippen LogP contribution in [0, 0.1) is 5.82 Å². The van der Waals surface area contributed by atoms with E-state index in [1.54, 1.807) is 36.4 Å². The molecule has 0 radical (unpaired) electrons. The third kappa shape index (κ3) is 4.39. The molecule has 2 aromatic rings. The van der Waals surface area contributed by atoms with E-state index in [9.17, 15) is 12.8 Å². The number of nitrogens with zero attached hydrogens (tertiary/aromatic N) is 1. The van der Waals surface area contributed by atoms with Crippen LogP contribution in [0.3, 0.4) is 0 Å². The van der Waals surface area contributed by atoms with Crippen molar-refractivity contribution in [3.05, 3.63) is 66.0 Å². The summed E-state index contributed by atoms with van der Waals surface area (Å²) in [5.41, 5.74) is 1.01. The van der Waals surface area contributed by atoms with Gasteiger partial charge in [0.2, 0.25) is 0 Å². The highest BCUT2D eigenvalue weighted by molar-refractivity contribution is 7.91. The maximum atomic E-state index is 13.0. The molecule has 0 amide bonds. The molecule has 2 aromatic carbocycles. The lowest BCUT2D eigenvalue weighted by molar-refractivity contribution is 0.270. The predicted molar refractivity (Wildman–Crippen MR) is 88.3 cm³/mol. The molecule has 0 spiro atoms. The van der Waals surface area contributed by atoms with Gasteiger partial charge < -0.3 is 0 Å². The fourth-order valence-corrected chi connectivity index (χ4v) is 3.92. The lowest BCUT2D eigenvalue weighted by Crippen LogP contribution is -2.31. The van der Waals surface area contributed by atoms with Crippen molar-refractivity contribution < 1.29 is 12.8 Å². The number of rotatable bonds is 7. The molecule has 1 aliphatic carbocycles. The molecule has 1 aliphatic rings. The van der Waals surface area contributed by atoms with Gasteiger partial charge in [-0.1, -0.05) is 30.3 Å². The first-order chi connectivity index (χ1) is 11.0. The van der Waals surface area contributed by atoms with E-state index in [1.807, 2.05) is 6.07 Å². The van der Waals surface area contributed by atoms with Gasteiger partial charge in [0.1, 0.15) is 5.82 Å². The summed E-state index contributed by atoms with van der Waals surface area (Å²) in [5, 5.41) is 0. The van der Waals surface area contributed by atoms with Gasteiger partial charge in [-0.2, -0.15) is 0 Å². The molecule has 1 fully saturated rings. The Morgan fingerprint density at radius 2 is 1.65 bits per heavy atom. The van der Waals surface area contributed by atoms with Gasteiger partial charge in [-0.3, -0.25) is 4.90 Å². The molecule has 0 unspecified atom stereocenters. The SMILES string of the molecule is O=S(=O)(CCN(Cc1ccc(F)cc1)C1CC1)c1ccccc1. The molecule has 0 N–H and O–H groups in total. The second-order valence-corrected chi connectivity index (χ2v) is 8.07. The molecular weight excluding hydrogens is 313 g/mol. The fraction of sp³-hybridized carbons (Fsp3) is 0.333. The Labute approximate surface area is 136 Å². The molecule has 0 bridgehead atoms. The van der Waals surface area contributed by atoms with Crippen molar-refractivity contribution in [2.75, 3.05) is 12.3 Å². The van der Waals surface area contributed by atoms with Crippen molar-refractivity contribution >= 4 is 9.84 Å². The lowest BCUT2D eigenvalue weighted by Gasteiger charge is -2.22. The summed E-state index contributed by atoms with van der Waals surface area (Å²) in [4.78, 5) is 2.56. The van der Waals surface area contributed by atoms with Crippen LogP contribution in [0.1, 0.15) is 18.4 Å². The van der Waals surface area contributed by atoms with Gasteiger partial charge >= 0.3 is 0 Å². The Morgan fingerprint density at radius 1 is 1.00 bits per heavy atom. The first-order valence-electron chi connectivity index (χ1n) is 7.81. The van der Waals surface area contributed by atoms with Crippen LogP contribution in [0.2, 0.25) is 0 Å². The van der Waals surface area contributed by atoms with Crippen LogP contribution in [-0.4, -0.2) is 31.7 Å². The quantitative estimate of drug-likeness (QED) is 0.780. The number of benzene rings is 2. The zero-order chi connectivity index (χ0) is 16.3. The molecule has 5 heteroatoms. The Bertz CT molecular complexity index is 740. The maximum Gasteiger partial charge on any atom is 0.179 e. The van der Waals surface area contributed by atoms with Crippen LogP contribution in [0.15, 0.2) is 59.5 Å². The van der Waals surface area contributed by atoms with Gasteiger partial charge in [0, 0.05) is 19.1 Å². The average molecular weight is 333 g/mol. The first-order valence-corrected chi connectivity index (χ1v) is 9.46. The number of hydrogen-bond donors (Lipinski definition) is 0. The van der Waals surface area contributed by atoms with Gasteiger partial charge in [0.05, 0.1) is 10.6 Å². The molecule has 0 aromatic heterocycles. The van der Waals surface area contributed by atoms with Crippen molar-refractivity contribution in [3.63, 3.8) is 0 Å².